The van der Waals surface area contributed by atoms with Gasteiger partial charge in [0.05, 0.1) is 5.56 Å². The van der Waals surface area contributed by atoms with Crippen LogP contribution in [0.15, 0.2) is 106 Å². The minimum absolute atomic E-state index is 0. The van der Waals surface area contributed by atoms with Crippen molar-refractivity contribution in [3.8, 4) is 34.5 Å². The van der Waals surface area contributed by atoms with Crippen molar-refractivity contribution in [2.24, 2.45) is 0 Å². The molecule has 9 rings (SSSR count). The number of fused-ring (bicyclic) bond motifs is 6. The maximum atomic E-state index is 12.4. The molecule has 0 saturated heterocycles. The zero-order valence-corrected chi connectivity index (χ0v) is 46.5. The topological polar surface area (TPSA) is 404 Å². The number of phenols is 2. The monoisotopic (exact) mass is 1090 g/mol. The van der Waals surface area contributed by atoms with Crippen LogP contribution in [0.2, 0.25) is 0 Å². The summed E-state index contributed by atoms with van der Waals surface area (Å²) < 4.78 is 97.7. The molecule has 3 N–H and O–H groups in total. The van der Waals surface area contributed by atoms with Crippen LogP contribution in [0.5, 0.6) is 34.5 Å². The van der Waals surface area contributed by atoms with Gasteiger partial charge in [-0.15, -0.1) is 11.5 Å². The predicted molar refractivity (Wildman–Crippen MR) is 212 cm³/mol. The van der Waals surface area contributed by atoms with Crippen LogP contribution in [0.3, 0.4) is 0 Å². The largest absolute Gasteiger partial charge is 3.00 e. The summed E-state index contributed by atoms with van der Waals surface area (Å²) in [5, 5.41) is 66.9. The molecule has 0 radical (unpaired) electrons. The van der Waals surface area contributed by atoms with E-state index in [4.69, 9.17) is 4.55 Å². The van der Waals surface area contributed by atoms with Crippen LogP contribution in [-0.2, 0) is 30.4 Å². The molecule has 70 heavy (non-hydrogen) atoms. The fourth-order valence-electron chi connectivity index (χ4n) is 7.13. The van der Waals surface area contributed by atoms with Gasteiger partial charge < -0.3 is 39.7 Å². The first-order valence-corrected chi connectivity index (χ1v) is 22.1. The minimum atomic E-state index is -5.23. The van der Waals surface area contributed by atoms with Gasteiger partial charge in [-0.2, -0.15) is 8.42 Å². The second-order valence-corrected chi connectivity index (χ2v) is 18.0. The molecular weight excluding hydrogens is 1070 g/mol. The molecular formula is C42H18GaNa3O21S3. The molecule has 0 unspecified atom stereocenters. The number of rotatable bonds is 3. The van der Waals surface area contributed by atoms with Crippen molar-refractivity contribution in [3.05, 3.63) is 158 Å². The van der Waals surface area contributed by atoms with Crippen LogP contribution in [0.4, 0.5) is 0 Å². The normalized spacial score (nSPS) is 12.9. The molecule has 6 aromatic rings. The number of ketones is 6. The van der Waals surface area contributed by atoms with Gasteiger partial charge in [-0.05, 0) is 18.2 Å². The predicted octanol–water partition coefficient (Wildman–Crippen LogP) is -9.22. The molecule has 336 valence electrons. The van der Waals surface area contributed by atoms with E-state index in [9.17, 15) is 93.8 Å². The van der Waals surface area contributed by atoms with Crippen molar-refractivity contribution in [2.75, 3.05) is 0 Å². The van der Waals surface area contributed by atoms with Crippen LogP contribution >= 0.6 is 0 Å². The van der Waals surface area contributed by atoms with Crippen LogP contribution in [0.25, 0.3) is 0 Å². The number of hydrogen-bond donors (Lipinski definition) is 3. The zero-order valence-electron chi connectivity index (χ0n) is 35.7. The third-order valence-electron chi connectivity index (χ3n) is 10.1. The number of carbonyl (C=O) groups excluding carboxylic acids is 6. The van der Waals surface area contributed by atoms with Gasteiger partial charge in [0.2, 0.25) is 0 Å². The van der Waals surface area contributed by atoms with Gasteiger partial charge >= 0.3 is 108 Å². The van der Waals surface area contributed by atoms with Crippen molar-refractivity contribution >= 4 is 84.8 Å². The Bertz CT molecular complexity index is 3280. The molecule has 0 aromatic heterocycles. The molecule has 0 saturated carbocycles. The molecule has 3 aliphatic rings. The molecule has 0 fully saturated rings. The third-order valence-corrected chi connectivity index (χ3v) is 12.7. The van der Waals surface area contributed by atoms with Crippen LogP contribution in [0, 0.1) is 0 Å². The van der Waals surface area contributed by atoms with Gasteiger partial charge in [0.25, 0.3) is 10.1 Å². The van der Waals surface area contributed by atoms with Crippen LogP contribution in [-0.4, -0.2) is 104 Å². The van der Waals surface area contributed by atoms with E-state index in [2.05, 4.69) is 0 Å². The Morgan fingerprint density at radius 2 is 0.600 bits per heavy atom. The fraction of sp³-hybridized carbons (Fsp3) is 0. The van der Waals surface area contributed by atoms with E-state index >= 15 is 0 Å². The van der Waals surface area contributed by atoms with E-state index in [0.29, 0.717) is 18.2 Å². The van der Waals surface area contributed by atoms with Crippen LogP contribution < -0.4 is 109 Å². The molecule has 0 amide bonds. The second-order valence-electron chi connectivity index (χ2n) is 13.9. The first-order chi connectivity index (χ1) is 30.7. The van der Waals surface area contributed by atoms with Gasteiger partial charge in [-0.25, -0.2) is 16.8 Å². The van der Waals surface area contributed by atoms with E-state index in [1.807, 2.05) is 0 Å². The van der Waals surface area contributed by atoms with Crippen molar-refractivity contribution < 1.29 is 187 Å². The smallest absolute Gasteiger partial charge is 0.872 e. The molecule has 21 nitrogen and oxygen atoms in total. The Kier molecular flexibility index (Phi) is 18.5. The zero-order chi connectivity index (χ0) is 48.7. The Morgan fingerprint density at radius 3 is 0.871 bits per heavy atom. The van der Waals surface area contributed by atoms with Crippen molar-refractivity contribution in [1.82, 2.24) is 0 Å². The number of aromatic hydroxyl groups is 2. The van der Waals surface area contributed by atoms with E-state index < -0.39 is 148 Å². The van der Waals surface area contributed by atoms with Crippen molar-refractivity contribution in [3.63, 3.8) is 0 Å². The SMILES string of the molecule is O=C1c2ccccc2C(=O)c2c1cc(S(=O)(=O)O)c(O)c2O.O=C1c2ccccc2C(=O)c2c1cc(S(=O)(=O)[O-])c([O-])c2[O-].O=C1c2ccccc2C(=O)c2c1cc(S(=O)(=O)[O-])c([O-])c2[O-].[68Ga+3].[Na+].[Na+].[Na+]. The van der Waals surface area contributed by atoms with Crippen LogP contribution in [0.1, 0.15) is 95.5 Å². The fourth-order valence-corrected chi connectivity index (χ4v) is 8.90. The number of benzene rings is 6. The number of hydrogen-bond acceptors (Lipinski definition) is 20. The standard InChI is InChI=1S/3C14H8O7S.Ga.3Na/c3*15-11-6-3-1-2-4-7(6)12(16)10-8(11)5-9(22(19,20)21)13(17)14(10)18;;;;/h3*1-5,17-18H,(H,19,20,21);;;;/q;;;+3;3*+1/p-6/i;;;1-2;;;. The summed E-state index contributed by atoms with van der Waals surface area (Å²) in [6, 6.07) is 18.8. The summed E-state index contributed by atoms with van der Waals surface area (Å²) in [5.41, 5.74) is -3.41. The summed E-state index contributed by atoms with van der Waals surface area (Å²) in [4.78, 5) is 70.2. The van der Waals surface area contributed by atoms with Gasteiger partial charge in [-0.3, -0.25) is 33.3 Å². The van der Waals surface area contributed by atoms with Gasteiger partial charge in [0, 0.05) is 71.0 Å². The van der Waals surface area contributed by atoms with E-state index in [1.165, 1.54) is 72.8 Å². The van der Waals surface area contributed by atoms with Gasteiger partial charge in [0.1, 0.15) is 25.1 Å². The Morgan fingerprint density at radius 1 is 0.357 bits per heavy atom. The first-order valence-electron chi connectivity index (χ1n) is 17.8. The molecule has 0 spiro atoms. The number of carbonyl (C=O) groups is 6. The maximum absolute atomic E-state index is 12.4. The molecule has 0 aliphatic heterocycles. The van der Waals surface area contributed by atoms with Gasteiger partial charge in [-0.1, -0.05) is 84.3 Å². The first kappa shape index (κ1) is 59.8. The average Bonchev–Trinajstić information content (AvgIpc) is 3.25. The summed E-state index contributed by atoms with van der Waals surface area (Å²) in [6.07, 6.45) is 0. The molecule has 28 heteroatoms. The summed E-state index contributed by atoms with van der Waals surface area (Å²) in [6.45, 7) is 0. The van der Waals surface area contributed by atoms with Crippen molar-refractivity contribution in [2.45, 2.75) is 14.7 Å². The molecule has 0 bridgehead atoms. The summed E-state index contributed by atoms with van der Waals surface area (Å²) in [5.74, 6) is -13.0. The van der Waals surface area contributed by atoms with E-state index in [-0.39, 0.29) is 142 Å². The minimum Gasteiger partial charge on any atom is -0.872 e. The number of phenolic OH excluding ortho intramolecular Hbond substituents is 2. The van der Waals surface area contributed by atoms with Crippen molar-refractivity contribution in [1.29, 1.82) is 0 Å². The molecule has 3 aliphatic carbocycles. The summed E-state index contributed by atoms with van der Waals surface area (Å²) in [7, 11) is -15.3. The maximum Gasteiger partial charge on any atom is 3.00 e. The average molecular weight is 1090 g/mol. The summed E-state index contributed by atoms with van der Waals surface area (Å²) >= 11 is 0. The Balaban J connectivity index is 0.000000270. The molecule has 6 aromatic carbocycles. The van der Waals surface area contributed by atoms with E-state index in [0.717, 1.165) is 0 Å². The van der Waals surface area contributed by atoms with Gasteiger partial charge in [0.15, 0.2) is 46.2 Å². The quantitative estimate of drug-likeness (QED) is 0.0840. The Hall–Kier alpha value is -4.49. The molecule has 0 heterocycles. The Labute approximate surface area is 473 Å². The van der Waals surface area contributed by atoms with E-state index in [1.54, 1.807) is 0 Å². The third kappa shape index (κ3) is 10.4. The second kappa shape index (κ2) is 21.7. The molecule has 0 atom stereocenters.